The van der Waals surface area contributed by atoms with Crippen molar-refractivity contribution in [3.8, 4) is 0 Å². The zero-order valence-corrected chi connectivity index (χ0v) is 15.4. The average molecular weight is 374 g/mol. The topological polar surface area (TPSA) is 55.8 Å². The normalized spacial score (nSPS) is 22.0. The molecule has 0 spiro atoms. The lowest BCUT2D eigenvalue weighted by atomic mass is 9.93. The molecule has 24 heavy (non-hydrogen) atoms. The molecule has 1 saturated heterocycles. The zero-order chi connectivity index (χ0) is 17.9. The minimum absolute atomic E-state index is 0.264. The Morgan fingerprint density at radius 2 is 2.04 bits per heavy atom. The van der Waals surface area contributed by atoms with Crippen LogP contribution in [-0.2, 0) is 14.3 Å². The molecule has 1 amide bonds. The van der Waals surface area contributed by atoms with Crippen LogP contribution < -0.4 is 0 Å². The Morgan fingerprint density at radius 3 is 2.62 bits per heavy atom. The fraction of sp³-hybridized carbons (Fsp3) is 0.529. The van der Waals surface area contributed by atoms with Gasteiger partial charge in [-0.25, -0.2) is 4.79 Å². The molecular weight excluding hydrogens is 353 g/mol. The highest BCUT2D eigenvalue weighted by Gasteiger charge is 2.33. The highest BCUT2D eigenvalue weighted by atomic mass is 35.5. The first-order valence-corrected chi connectivity index (χ1v) is 8.46. The summed E-state index contributed by atoms with van der Waals surface area (Å²) < 4.78 is 11.0. The SMILES string of the molecule is CC(C)(C)OC(=O)N1CCO[C@H](C=O)[C@H](c2ccc(Cl)c(Cl)c2)C1. The molecule has 1 aromatic rings. The van der Waals surface area contributed by atoms with E-state index in [1.54, 1.807) is 23.1 Å². The third-order valence-corrected chi connectivity index (χ3v) is 4.38. The van der Waals surface area contributed by atoms with E-state index in [1.807, 2.05) is 20.8 Å². The van der Waals surface area contributed by atoms with Gasteiger partial charge in [0, 0.05) is 19.0 Å². The second kappa shape index (κ2) is 7.72. The summed E-state index contributed by atoms with van der Waals surface area (Å²) in [5, 5.41) is 0.827. The number of halogens is 2. The van der Waals surface area contributed by atoms with Gasteiger partial charge in [-0.05, 0) is 38.5 Å². The van der Waals surface area contributed by atoms with Crippen LogP contribution >= 0.6 is 23.2 Å². The number of hydrogen-bond acceptors (Lipinski definition) is 4. The molecule has 1 aromatic carbocycles. The Bertz CT molecular complexity index is 615. The Labute approximate surface area is 151 Å². The minimum Gasteiger partial charge on any atom is -0.444 e. The Morgan fingerprint density at radius 1 is 1.33 bits per heavy atom. The van der Waals surface area contributed by atoms with Crippen molar-refractivity contribution < 1.29 is 19.1 Å². The molecule has 7 heteroatoms. The van der Waals surface area contributed by atoms with Crippen LogP contribution in [-0.4, -0.2) is 48.7 Å². The number of hydrogen-bond donors (Lipinski definition) is 0. The largest absolute Gasteiger partial charge is 0.444 e. The van der Waals surface area contributed by atoms with Crippen LogP contribution in [0.1, 0.15) is 32.3 Å². The van der Waals surface area contributed by atoms with Gasteiger partial charge in [0.25, 0.3) is 0 Å². The highest BCUT2D eigenvalue weighted by molar-refractivity contribution is 6.42. The van der Waals surface area contributed by atoms with Crippen molar-refractivity contribution in [2.45, 2.75) is 38.4 Å². The Kier molecular flexibility index (Phi) is 6.12. The standard InChI is InChI=1S/C17H21Cl2NO4/c1-17(2,3)24-16(22)20-6-7-23-15(10-21)12(9-20)11-4-5-13(18)14(19)8-11/h4-5,8,10,12,15H,6-7,9H2,1-3H3/t12-,15+/m0/s1. The number of amides is 1. The minimum atomic E-state index is -0.658. The number of rotatable bonds is 2. The van der Waals surface area contributed by atoms with E-state index in [-0.39, 0.29) is 12.5 Å². The number of nitrogens with zero attached hydrogens (tertiary/aromatic N) is 1. The summed E-state index contributed by atoms with van der Waals surface area (Å²) in [6, 6.07) is 5.16. The van der Waals surface area contributed by atoms with E-state index in [2.05, 4.69) is 0 Å². The first-order chi connectivity index (χ1) is 11.2. The van der Waals surface area contributed by atoms with Gasteiger partial charge in [0.15, 0.2) is 0 Å². The van der Waals surface area contributed by atoms with E-state index >= 15 is 0 Å². The van der Waals surface area contributed by atoms with Crippen molar-refractivity contribution in [2.75, 3.05) is 19.7 Å². The van der Waals surface area contributed by atoms with E-state index in [4.69, 9.17) is 32.7 Å². The van der Waals surface area contributed by atoms with Crippen LogP contribution in [0.3, 0.4) is 0 Å². The van der Waals surface area contributed by atoms with Gasteiger partial charge in [0.1, 0.15) is 18.0 Å². The predicted octanol–water partition coefficient (Wildman–Crippen LogP) is 3.91. The van der Waals surface area contributed by atoms with Crippen molar-refractivity contribution in [3.05, 3.63) is 33.8 Å². The molecule has 2 rings (SSSR count). The Balaban J connectivity index is 2.26. The average Bonchev–Trinajstić information content (AvgIpc) is 2.70. The van der Waals surface area contributed by atoms with Crippen LogP contribution in [0.4, 0.5) is 4.79 Å². The van der Waals surface area contributed by atoms with E-state index in [0.29, 0.717) is 23.1 Å². The fourth-order valence-corrected chi connectivity index (χ4v) is 2.82. The molecule has 0 radical (unpaired) electrons. The van der Waals surface area contributed by atoms with Crippen molar-refractivity contribution in [1.82, 2.24) is 4.90 Å². The van der Waals surface area contributed by atoms with Crippen molar-refractivity contribution in [1.29, 1.82) is 0 Å². The predicted molar refractivity (Wildman–Crippen MR) is 92.8 cm³/mol. The summed E-state index contributed by atoms with van der Waals surface area (Å²) in [7, 11) is 0. The molecule has 1 fully saturated rings. The summed E-state index contributed by atoms with van der Waals surface area (Å²) in [5.74, 6) is -0.340. The van der Waals surface area contributed by atoms with Gasteiger partial charge in [0.2, 0.25) is 0 Å². The first-order valence-electron chi connectivity index (χ1n) is 7.71. The van der Waals surface area contributed by atoms with Crippen molar-refractivity contribution in [2.24, 2.45) is 0 Å². The van der Waals surface area contributed by atoms with Crippen molar-refractivity contribution in [3.63, 3.8) is 0 Å². The van der Waals surface area contributed by atoms with Gasteiger partial charge in [-0.3, -0.25) is 0 Å². The maximum absolute atomic E-state index is 12.4. The summed E-state index contributed by atoms with van der Waals surface area (Å²) in [5.41, 5.74) is 0.199. The third-order valence-electron chi connectivity index (χ3n) is 3.64. The number of carbonyl (C=O) groups excluding carboxylic acids is 2. The number of benzene rings is 1. The lowest BCUT2D eigenvalue weighted by molar-refractivity contribution is -0.118. The lowest BCUT2D eigenvalue weighted by Crippen LogP contribution is -2.40. The number of carbonyl (C=O) groups is 2. The lowest BCUT2D eigenvalue weighted by Gasteiger charge is -2.28. The van der Waals surface area contributed by atoms with Gasteiger partial charge in [-0.2, -0.15) is 0 Å². The maximum Gasteiger partial charge on any atom is 0.410 e. The highest BCUT2D eigenvalue weighted by Crippen LogP contribution is 2.30. The Hall–Kier alpha value is -1.30. The van der Waals surface area contributed by atoms with Crippen LogP contribution in [0.5, 0.6) is 0 Å². The van der Waals surface area contributed by atoms with Crippen LogP contribution in [0, 0.1) is 0 Å². The molecule has 2 atom stereocenters. The number of aldehydes is 1. The van der Waals surface area contributed by atoms with Crippen molar-refractivity contribution >= 4 is 35.6 Å². The molecule has 0 saturated carbocycles. The van der Waals surface area contributed by atoms with E-state index in [9.17, 15) is 9.59 Å². The molecule has 0 aliphatic carbocycles. The van der Waals surface area contributed by atoms with Gasteiger partial charge >= 0.3 is 6.09 Å². The first kappa shape index (κ1) is 19.0. The summed E-state index contributed by atoms with van der Waals surface area (Å²) in [6.07, 6.45) is -0.330. The van der Waals surface area contributed by atoms with Crippen LogP contribution in [0.2, 0.25) is 10.0 Å². The number of ether oxygens (including phenoxy) is 2. The van der Waals surface area contributed by atoms with Gasteiger partial charge in [-0.15, -0.1) is 0 Å². The van der Waals surface area contributed by atoms with E-state index in [0.717, 1.165) is 11.8 Å². The van der Waals surface area contributed by atoms with E-state index in [1.165, 1.54) is 0 Å². The van der Waals surface area contributed by atoms with Crippen LogP contribution in [0.25, 0.3) is 0 Å². The third kappa shape index (κ3) is 4.85. The molecule has 1 aliphatic heterocycles. The molecule has 5 nitrogen and oxygen atoms in total. The summed E-state index contributed by atoms with van der Waals surface area (Å²) in [4.78, 5) is 25.4. The summed E-state index contributed by atoms with van der Waals surface area (Å²) >= 11 is 12.0. The van der Waals surface area contributed by atoms with Gasteiger partial charge in [-0.1, -0.05) is 29.3 Å². The fourth-order valence-electron chi connectivity index (χ4n) is 2.51. The quantitative estimate of drug-likeness (QED) is 0.737. The molecular formula is C17H21Cl2NO4. The zero-order valence-electron chi connectivity index (χ0n) is 13.9. The molecule has 0 unspecified atom stereocenters. The molecule has 0 bridgehead atoms. The van der Waals surface area contributed by atoms with E-state index < -0.39 is 17.8 Å². The summed E-state index contributed by atoms with van der Waals surface area (Å²) in [6.45, 7) is 6.35. The molecule has 0 aromatic heterocycles. The van der Waals surface area contributed by atoms with Gasteiger partial charge in [0.05, 0.1) is 16.7 Å². The maximum atomic E-state index is 12.4. The second-order valence-corrected chi connectivity index (χ2v) is 7.49. The second-order valence-electron chi connectivity index (χ2n) is 6.68. The molecule has 132 valence electrons. The monoisotopic (exact) mass is 373 g/mol. The molecule has 0 N–H and O–H groups in total. The van der Waals surface area contributed by atoms with Crippen LogP contribution in [0.15, 0.2) is 18.2 Å². The van der Waals surface area contributed by atoms with Gasteiger partial charge < -0.3 is 19.2 Å². The molecule has 1 aliphatic rings. The smallest absolute Gasteiger partial charge is 0.410 e. The molecule has 1 heterocycles.